The molecule has 14 heavy (non-hydrogen) atoms. The van der Waals surface area contributed by atoms with Gasteiger partial charge in [0.15, 0.2) is 0 Å². The van der Waals surface area contributed by atoms with Gasteiger partial charge in [-0.1, -0.05) is 20.8 Å². The summed E-state index contributed by atoms with van der Waals surface area (Å²) in [6.45, 7) is 9.20. The molecule has 1 rings (SSSR count). The minimum Gasteiger partial charge on any atom is -0.463 e. The molecular weight excluding hydrogens is 180 g/mol. The van der Waals surface area contributed by atoms with Crippen molar-refractivity contribution in [2.75, 3.05) is 13.2 Å². The summed E-state index contributed by atoms with van der Waals surface area (Å²) >= 11 is 0. The Morgan fingerprint density at radius 1 is 1.36 bits per heavy atom. The fraction of sp³-hybridized carbons (Fsp3) is 0.909. The van der Waals surface area contributed by atoms with E-state index >= 15 is 0 Å². The molecule has 3 nitrogen and oxygen atoms in total. The number of carbonyl (C=O) groups is 1. The Balaban J connectivity index is 2.42. The lowest BCUT2D eigenvalue weighted by atomic mass is 9.80. The first-order chi connectivity index (χ1) is 6.52. The maximum absolute atomic E-state index is 10.7. The van der Waals surface area contributed by atoms with Crippen LogP contribution < -0.4 is 0 Å². The quantitative estimate of drug-likeness (QED) is 0.638. The molecule has 0 spiro atoms. The second-order valence-corrected chi connectivity index (χ2v) is 4.37. The molecule has 1 aliphatic heterocycles. The zero-order valence-corrected chi connectivity index (χ0v) is 9.45. The number of hydrogen-bond acceptors (Lipinski definition) is 3. The Hall–Kier alpha value is -0.570. The van der Waals surface area contributed by atoms with Crippen LogP contribution in [0.3, 0.4) is 0 Å². The van der Waals surface area contributed by atoms with Crippen molar-refractivity contribution in [3.8, 4) is 0 Å². The van der Waals surface area contributed by atoms with Gasteiger partial charge in [-0.05, 0) is 17.8 Å². The fourth-order valence-corrected chi connectivity index (χ4v) is 1.84. The van der Waals surface area contributed by atoms with Gasteiger partial charge < -0.3 is 9.47 Å². The highest BCUT2D eigenvalue weighted by molar-refractivity contribution is 5.65. The largest absolute Gasteiger partial charge is 0.463 e. The van der Waals surface area contributed by atoms with Gasteiger partial charge in [0.25, 0.3) is 0 Å². The summed E-state index contributed by atoms with van der Waals surface area (Å²) in [7, 11) is 0. The number of ether oxygens (including phenoxy) is 2. The predicted molar refractivity (Wildman–Crippen MR) is 53.9 cm³/mol. The maximum atomic E-state index is 10.7. The van der Waals surface area contributed by atoms with Crippen LogP contribution in [0.1, 0.15) is 27.7 Å². The Kier molecular flexibility index (Phi) is 3.93. The van der Waals surface area contributed by atoms with Crippen molar-refractivity contribution in [1.82, 2.24) is 0 Å². The van der Waals surface area contributed by atoms with Gasteiger partial charge in [0.1, 0.15) is 6.61 Å². The Morgan fingerprint density at radius 2 is 2.00 bits per heavy atom. The van der Waals surface area contributed by atoms with Crippen LogP contribution >= 0.6 is 0 Å². The van der Waals surface area contributed by atoms with Crippen LogP contribution in [0, 0.1) is 17.8 Å². The van der Waals surface area contributed by atoms with Crippen LogP contribution in [-0.2, 0) is 14.3 Å². The highest BCUT2D eigenvalue weighted by atomic mass is 16.6. The van der Waals surface area contributed by atoms with E-state index in [-0.39, 0.29) is 12.1 Å². The molecule has 1 saturated heterocycles. The molecule has 0 bridgehead atoms. The fourth-order valence-electron chi connectivity index (χ4n) is 1.84. The summed E-state index contributed by atoms with van der Waals surface area (Å²) in [6.07, 6.45) is 0.0742. The van der Waals surface area contributed by atoms with Crippen LogP contribution in [0.5, 0.6) is 0 Å². The van der Waals surface area contributed by atoms with Gasteiger partial charge in [-0.25, -0.2) is 0 Å². The van der Waals surface area contributed by atoms with E-state index in [1.54, 1.807) is 0 Å². The standard InChI is InChI=1S/C11H20O3/c1-7-5-14-11(6-13-10(4)12)9(3)8(7)2/h7-9,11H,5-6H2,1-4H3/t7?,8-,9-,11?/m1/s1. The van der Waals surface area contributed by atoms with E-state index in [0.717, 1.165) is 6.61 Å². The van der Waals surface area contributed by atoms with Crippen molar-refractivity contribution in [2.24, 2.45) is 17.8 Å². The Morgan fingerprint density at radius 3 is 2.57 bits per heavy atom. The molecule has 0 amide bonds. The van der Waals surface area contributed by atoms with Crippen molar-refractivity contribution < 1.29 is 14.3 Å². The maximum Gasteiger partial charge on any atom is 0.302 e. The zero-order chi connectivity index (χ0) is 10.7. The monoisotopic (exact) mass is 200 g/mol. The summed E-state index contributed by atoms with van der Waals surface area (Å²) in [6, 6.07) is 0. The van der Waals surface area contributed by atoms with E-state index in [1.165, 1.54) is 6.92 Å². The van der Waals surface area contributed by atoms with E-state index in [4.69, 9.17) is 9.47 Å². The third kappa shape index (κ3) is 2.71. The van der Waals surface area contributed by atoms with Gasteiger partial charge in [0.05, 0.1) is 6.10 Å². The first kappa shape index (κ1) is 11.5. The van der Waals surface area contributed by atoms with Gasteiger partial charge in [0.2, 0.25) is 0 Å². The second-order valence-electron chi connectivity index (χ2n) is 4.37. The second kappa shape index (κ2) is 4.78. The van der Waals surface area contributed by atoms with Crippen molar-refractivity contribution in [2.45, 2.75) is 33.8 Å². The van der Waals surface area contributed by atoms with Crippen molar-refractivity contribution in [3.05, 3.63) is 0 Å². The first-order valence-corrected chi connectivity index (χ1v) is 5.27. The van der Waals surface area contributed by atoms with Gasteiger partial charge in [-0.3, -0.25) is 4.79 Å². The predicted octanol–water partition coefficient (Wildman–Crippen LogP) is 1.86. The smallest absolute Gasteiger partial charge is 0.302 e. The molecule has 0 aromatic carbocycles. The molecule has 0 saturated carbocycles. The van der Waals surface area contributed by atoms with E-state index < -0.39 is 0 Å². The molecule has 0 radical (unpaired) electrons. The highest BCUT2D eigenvalue weighted by Gasteiger charge is 2.32. The Labute approximate surface area is 85.8 Å². The molecule has 2 unspecified atom stereocenters. The molecule has 4 atom stereocenters. The highest BCUT2D eigenvalue weighted by Crippen LogP contribution is 2.30. The number of rotatable bonds is 2. The van der Waals surface area contributed by atoms with Crippen LogP contribution in [0.25, 0.3) is 0 Å². The molecule has 0 aromatic rings. The topological polar surface area (TPSA) is 35.5 Å². The summed E-state index contributed by atoms with van der Waals surface area (Å²) < 4.78 is 10.6. The normalized spacial score (nSPS) is 38.0. The van der Waals surface area contributed by atoms with Crippen molar-refractivity contribution in [3.63, 3.8) is 0 Å². The number of esters is 1. The van der Waals surface area contributed by atoms with Crippen LogP contribution in [0.2, 0.25) is 0 Å². The summed E-state index contributed by atoms with van der Waals surface area (Å²) in [5.74, 6) is 1.45. The molecule has 1 aliphatic rings. The first-order valence-electron chi connectivity index (χ1n) is 5.27. The summed E-state index contributed by atoms with van der Waals surface area (Å²) in [5.41, 5.74) is 0. The SMILES string of the molecule is CC(=O)OCC1OCC(C)[C@@H](C)[C@H]1C. The van der Waals surface area contributed by atoms with Gasteiger partial charge in [-0.2, -0.15) is 0 Å². The molecule has 1 fully saturated rings. The van der Waals surface area contributed by atoms with E-state index in [2.05, 4.69) is 20.8 Å². The third-order valence-corrected chi connectivity index (χ3v) is 3.34. The van der Waals surface area contributed by atoms with Gasteiger partial charge in [0, 0.05) is 13.5 Å². The summed E-state index contributed by atoms with van der Waals surface area (Å²) in [5, 5.41) is 0. The molecule has 0 N–H and O–H groups in total. The van der Waals surface area contributed by atoms with Crippen molar-refractivity contribution in [1.29, 1.82) is 0 Å². The third-order valence-electron chi connectivity index (χ3n) is 3.34. The van der Waals surface area contributed by atoms with E-state index in [0.29, 0.717) is 24.4 Å². The number of hydrogen-bond donors (Lipinski definition) is 0. The lowest BCUT2D eigenvalue weighted by Crippen LogP contribution is -2.41. The molecular formula is C11H20O3. The van der Waals surface area contributed by atoms with Crippen molar-refractivity contribution >= 4 is 5.97 Å². The Bertz CT molecular complexity index is 203. The van der Waals surface area contributed by atoms with Crippen LogP contribution in [0.15, 0.2) is 0 Å². The average molecular weight is 200 g/mol. The molecule has 0 aliphatic carbocycles. The molecule has 82 valence electrons. The molecule has 3 heteroatoms. The average Bonchev–Trinajstić information content (AvgIpc) is 2.13. The lowest BCUT2D eigenvalue weighted by molar-refractivity contribution is -0.153. The number of carbonyl (C=O) groups excluding carboxylic acids is 1. The molecule has 1 heterocycles. The minimum absolute atomic E-state index is 0.0742. The minimum atomic E-state index is -0.230. The van der Waals surface area contributed by atoms with E-state index in [1.807, 2.05) is 0 Å². The summed E-state index contributed by atoms with van der Waals surface area (Å²) in [4.78, 5) is 10.7. The zero-order valence-electron chi connectivity index (χ0n) is 9.45. The van der Waals surface area contributed by atoms with Crippen LogP contribution in [-0.4, -0.2) is 25.3 Å². The lowest BCUT2D eigenvalue weighted by Gasteiger charge is -2.38. The van der Waals surface area contributed by atoms with Gasteiger partial charge >= 0.3 is 5.97 Å². The van der Waals surface area contributed by atoms with E-state index in [9.17, 15) is 4.79 Å². The van der Waals surface area contributed by atoms with Gasteiger partial charge in [-0.15, -0.1) is 0 Å². The molecule has 0 aromatic heterocycles. The van der Waals surface area contributed by atoms with Crippen LogP contribution in [0.4, 0.5) is 0 Å².